The highest BCUT2D eigenvalue weighted by Crippen LogP contribution is 2.30. The fraction of sp³-hybridized carbons (Fsp3) is 0.688. The molecule has 0 unspecified atom stereocenters. The van der Waals surface area contributed by atoms with Gasteiger partial charge in [-0.25, -0.2) is 15.0 Å². The van der Waals surface area contributed by atoms with E-state index in [1.165, 1.54) is 25.7 Å². The van der Waals surface area contributed by atoms with Crippen LogP contribution in [0, 0.1) is 5.92 Å². The number of rotatable bonds is 6. The second-order valence-corrected chi connectivity index (χ2v) is 6.77. The van der Waals surface area contributed by atoms with Crippen LogP contribution in [0.1, 0.15) is 18.9 Å². The Morgan fingerprint density at radius 2 is 1.79 bits per heavy atom. The molecule has 0 atom stereocenters. The van der Waals surface area contributed by atoms with Gasteiger partial charge in [0.05, 0.1) is 25.6 Å². The van der Waals surface area contributed by atoms with Crippen LogP contribution < -0.4 is 4.90 Å². The highest BCUT2D eigenvalue weighted by atomic mass is 16.3. The first kappa shape index (κ1) is 15.7. The fourth-order valence-corrected chi connectivity index (χ4v) is 3.38. The second-order valence-electron chi connectivity index (χ2n) is 6.77. The zero-order valence-electron chi connectivity index (χ0n) is 13.8. The van der Waals surface area contributed by atoms with Gasteiger partial charge in [0.1, 0.15) is 6.33 Å². The lowest BCUT2D eigenvalue weighted by Crippen LogP contribution is -2.47. The Bertz CT molecular complexity index is 689. The van der Waals surface area contributed by atoms with E-state index < -0.39 is 6.04 Å². The molecular formula is C16H24N6O2. The average Bonchev–Trinajstić information content (AvgIpc) is 3.33. The normalized spacial score (nSPS) is 19.5. The number of hydrogen-bond acceptors (Lipinski definition) is 7. The number of aliphatic hydroxyl groups excluding tert-OH is 2. The van der Waals surface area contributed by atoms with Crippen molar-refractivity contribution in [2.75, 3.05) is 50.8 Å². The summed E-state index contributed by atoms with van der Waals surface area (Å²) in [5.74, 6) is 1.77. The smallest absolute Gasteiger partial charge is 0.165 e. The Morgan fingerprint density at radius 1 is 1.04 bits per heavy atom. The summed E-state index contributed by atoms with van der Waals surface area (Å²) < 4.78 is 1.73. The van der Waals surface area contributed by atoms with Gasteiger partial charge in [0.25, 0.3) is 0 Å². The third kappa shape index (κ3) is 2.97. The zero-order valence-corrected chi connectivity index (χ0v) is 13.8. The number of piperazine rings is 1. The summed E-state index contributed by atoms with van der Waals surface area (Å²) in [6.07, 6.45) is 5.95. The monoisotopic (exact) mass is 332 g/mol. The first-order chi connectivity index (χ1) is 11.8. The van der Waals surface area contributed by atoms with E-state index in [1.54, 1.807) is 10.9 Å². The van der Waals surface area contributed by atoms with Crippen molar-refractivity contribution in [3.05, 3.63) is 12.7 Å². The van der Waals surface area contributed by atoms with Crippen LogP contribution in [0.4, 0.5) is 5.82 Å². The van der Waals surface area contributed by atoms with E-state index in [0.29, 0.717) is 5.65 Å². The summed E-state index contributed by atoms with van der Waals surface area (Å²) >= 11 is 0. The standard InChI is InChI=1S/C16H24N6O2/c23-8-13(9-24)22-11-19-14-15(17-10-18-16(14)22)21-5-3-20(4-6-21)7-12-1-2-12/h10-13,23-24H,1-9H2. The van der Waals surface area contributed by atoms with Gasteiger partial charge in [-0.05, 0) is 18.8 Å². The number of fused-ring (bicyclic) bond motifs is 1. The number of aromatic nitrogens is 4. The Balaban J connectivity index is 1.54. The minimum absolute atomic E-state index is 0.152. The Kier molecular flexibility index (Phi) is 4.34. The van der Waals surface area contributed by atoms with Gasteiger partial charge in [-0.15, -0.1) is 0 Å². The first-order valence-corrected chi connectivity index (χ1v) is 8.66. The molecule has 3 heterocycles. The van der Waals surface area contributed by atoms with Gasteiger partial charge in [-0.1, -0.05) is 0 Å². The summed E-state index contributed by atoms with van der Waals surface area (Å²) in [5.41, 5.74) is 1.40. The Morgan fingerprint density at radius 3 is 2.46 bits per heavy atom. The molecule has 8 heteroatoms. The molecular weight excluding hydrogens is 308 g/mol. The predicted molar refractivity (Wildman–Crippen MR) is 89.9 cm³/mol. The third-order valence-electron chi connectivity index (χ3n) is 5.04. The van der Waals surface area contributed by atoms with Crippen LogP contribution in [0.25, 0.3) is 11.2 Å². The molecule has 0 aromatic carbocycles. The molecule has 0 spiro atoms. The van der Waals surface area contributed by atoms with Crippen molar-refractivity contribution in [3.63, 3.8) is 0 Å². The quantitative estimate of drug-likeness (QED) is 0.762. The van der Waals surface area contributed by atoms with E-state index in [1.807, 2.05) is 0 Å². The van der Waals surface area contributed by atoms with Crippen molar-refractivity contribution in [3.8, 4) is 0 Å². The van der Waals surface area contributed by atoms with Gasteiger partial charge >= 0.3 is 0 Å². The molecule has 2 N–H and O–H groups in total. The maximum Gasteiger partial charge on any atom is 0.165 e. The SMILES string of the molecule is OCC(CO)n1cnc2c(N3CCN(CC4CC4)CC3)ncnc21. The summed E-state index contributed by atoms with van der Waals surface area (Å²) in [7, 11) is 0. The molecule has 1 saturated heterocycles. The summed E-state index contributed by atoms with van der Waals surface area (Å²) in [6.45, 7) is 4.92. The van der Waals surface area contributed by atoms with Crippen molar-refractivity contribution < 1.29 is 10.2 Å². The lowest BCUT2D eigenvalue weighted by Gasteiger charge is -2.35. The molecule has 2 aliphatic rings. The van der Waals surface area contributed by atoms with Gasteiger partial charge in [0.15, 0.2) is 17.0 Å². The molecule has 1 aliphatic heterocycles. The minimum Gasteiger partial charge on any atom is -0.394 e. The molecule has 130 valence electrons. The first-order valence-electron chi connectivity index (χ1n) is 8.66. The van der Waals surface area contributed by atoms with Gasteiger partial charge in [-0.2, -0.15) is 0 Å². The van der Waals surface area contributed by atoms with Crippen LogP contribution in [0.15, 0.2) is 12.7 Å². The molecule has 0 bridgehead atoms. The summed E-state index contributed by atoms with van der Waals surface area (Å²) in [5, 5.41) is 18.8. The fourth-order valence-electron chi connectivity index (χ4n) is 3.38. The number of anilines is 1. The average molecular weight is 332 g/mol. The highest BCUT2D eigenvalue weighted by molar-refractivity contribution is 5.83. The lowest BCUT2D eigenvalue weighted by molar-refractivity contribution is 0.156. The summed E-state index contributed by atoms with van der Waals surface area (Å²) in [6, 6.07) is -0.423. The molecule has 4 rings (SSSR count). The van der Waals surface area contributed by atoms with Crippen LogP contribution in [0.5, 0.6) is 0 Å². The molecule has 1 aliphatic carbocycles. The van der Waals surface area contributed by atoms with E-state index >= 15 is 0 Å². The molecule has 2 aromatic rings. The Hall–Kier alpha value is -1.77. The maximum absolute atomic E-state index is 9.41. The maximum atomic E-state index is 9.41. The number of imidazole rings is 1. The van der Waals surface area contributed by atoms with Crippen molar-refractivity contribution in [1.29, 1.82) is 0 Å². The van der Waals surface area contributed by atoms with E-state index in [2.05, 4.69) is 24.8 Å². The number of aliphatic hydroxyl groups is 2. The minimum atomic E-state index is -0.423. The summed E-state index contributed by atoms with van der Waals surface area (Å²) in [4.78, 5) is 18.0. The van der Waals surface area contributed by atoms with E-state index in [4.69, 9.17) is 0 Å². The predicted octanol–water partition coefficient (Wildman–Crippen LogP) is -0.116. The van der Waals surface area contributed by atoms with Crippen LogP contribution in [-0.4, -0.2) is 80.6 Å². The second kappa shape index (κ2) is 6.62. The van der Waals surface area contributed by atoms with Gasteiger partial charge < -0.3 is 19.7 Å². The van der Waals surface area contributed by atoms with E-state index in [0.717, 1.165) is 43.4 Å². The number of nitrogens with zero attached hydrogens (tertiary/aromatic N) is 6. The lowest BCUT2D eigenvalue weighted by atomic mass is 10.2. The molecule has 1 saturated carbocycles. The molecule has 0 amide bonds. The molecule has 2 fully saturated rings. The van der Waals surface area contributed by atoms with E-state index in [-0.39, 0.29) is 13.2 Å². The van der Waals surface area contributed by atoms with Crippen LogP contribution in [0.3, 0.4) is 0 Å². The van der Waals surface area contributed by atoms with Gasteiger partial charge in [-0.3, -0.25) is 4.90 Å². The highest BCUT2D eigenvalue weighted by Gasteiger charge is 2.27. The van der Waals surface area contributed by atoms with Crippen molar-refractivity contribution >= 4 is 17.0 Å². The van der Waals surface area contributed by atoms with E-state index in [9.17, 15) is 10.2 Å². The number of hydrogen-bond donors (Lipinski definition) is 2. The van der Waals surface area contributed by atoms with Crippen LogP contribution >= 0.6 is 0 Å². The van der Waals surface area contributed by atoms with Crippen LogP contribution in [0.2, 0.25) is 0 Å². The zero-order chi connectivity index (χ0) is 16.5. The molecule has 2 aromatic heterocycles. The third-order valence-corrected chi connectivity index (χ3v) is 5.04. The van der Waals surface area contributed by atoms with Gasteiger partial charge in [0, 0.05) is 32.7 Å². The molecule has 0 radical (unpaired) electrons. The molecule has 8 nitrogen and oxygen atoms in total. The van der Waals surface area contributed by atoms with Crippen molar-refractivity contribution in [2.45, 2.75) is 18.9 Å². The Labute approximate surface area is 140 Å². The van der Waals surface area contributed by atoms with Crippen molar-refractivity contribution in [2.24, 2.45) is 5.92 Å². The van der Waals surface area contributed by atoms with Crippen molar-refractivity contribution in [1.82, 2.24) is 24.4 Å². The molecule has 24 heavy (non-hydrogen) atoms. The van der Waals surface area contributed by atoms with Gasteiger partial charge in [0.2, 0.25) is 0 Å². The largest absolute Gasteiger partial charge is 0.394 e. The van der Waals surface area contributed by atoms with Crippen LogP contribution in [-0.2, 0) is 0 Å². The topological polar surface area (TPSA) is 90.5 Å².